The minimum atomic E-state index is 0.277. The van der Waals surface area contributed by atoms with Gasteiger partial charge in [0.1, 0.15) is 0 Å². The molecule has 0 aromatic heterocycles. The van der Waals surface area contributed by atoms with Crippen molar-refractivity contribution in [2.24, 2.45) is 0 Å². The zero-order valence-electron chi connectivity index (χ0n) is 8.51. The fourth-order valence-electron chi connectivity index (χ4n) is 3.03. The third-order valence-corrected chi connectivity index (χ3v) is 3.82. The van der Waals surface area contributed by atoms with E-state index in [1.165, 1.54) is 37.7 Å². The summed E-state index contributed by atoms with van der Waals surface area (Å²) in [5.41, 5.74) is 3.25. The van der Waals surface area contributed by atoms with Gasteiger partial charge in [-0.15, -0.1) is 0 Å². The van der Waals surface area contributed by atoms with Gasteiger partial charge in [-0.1, -0.05) is 19.3 Å². The number of ether oxygens (including phenoxy) is 1. The Labute approximate surface area is 85.0 Å². The summed E-state index contributed by atoms with van der Waals surface area (Å²) in [6.45, 7) is 1.68. The van der Waals surface area contributed by atoms with E-state index in [4.69, 9.17) is 4.74 Å². The van der Waals surface area contributed by atoms with Gasteiger partial charge in [-0.3, -0.25) is 0 Å². The van der Waals surface area contributed by atoms with Crippen LogP contribution in [0.25, 0.3) is 0 Å². The second-order valence-corrected chi connectivity index (χ2v) is 4.62. The maximum Gasteiger partial charge on any atom is 0.0723 e. The number of rotatable bonds is 0. The van der Waals surface area contributed by atoms with E-state index in [2.05, 4.69) is 17.6 Å². The molecule has 14 heavy (non-hydrogen) atoms. The van der Waals surface area contributed by atoms with Crippen molar-refractivity contribution in [3.8, 4) is 0 Å². The van der Waals surface area contributed by atoms with Gasteiger partial charge < -0.3 is 10.1 Å². The smallest absolute Gasteiger partial charge is 0.0723 e. The highest BCUT2D eigenvalue weighted by Gasteiger charge is 2.39. The van der Waals surface area contributed by atoms with Crippen LogP contribution in [0.3, 0.4) is 0 Å². The van der Waals surface area contributed by atoms with Crippen LogP contribution >= 0.6 is 0 Å². The summed E-state index contributed by atoms with van der Waals surface area (Å²) in [5.74, 6) is 0. The Bertz CT molecular complexity index is 297. The molecule has 0 aromatic rings. The summed E-state index contributed by atoms with van der Waals surface area (Å²) in [5, 5.41) is 3.59. The molecule has 1 fully saturated rings. The lowest BCUT2D eigenvalue weighted by Gasteiger charge is -2.41. The normalized spacial score (nSPS) is 29.1. The number of hydrogen-bond donors (Lipinski definition) is 1. The van der Waals surface area contributed by atoms with Crippen LogP contribution in [0.4, 0.5) is 0 Å². The van der Waals surface area contributed by atoms with E-state index in [1.807, 2.05) is 0 Å². The van der Waals surface area contributed by atoms with Crippen molar-refractivity contribution in [3.05, 3.63) is 23.4 Å². The lowest BCUT2D eigenvalue weighted by molar-refractivity contribution is 0.189. The maximum atomic E-state index is 5.55. The summed E-state index contributed by atoms with van der Waals surface area (Å²) in [7, 11) is 0. The Morgan fingerprint density at radius 1 is 1.14 bits per heavy atom. The molecule has 2 heteroatoms. The third kappa shape index (κ3) is 1.13. The highest BCUT2D eigenvalue weighted by Crippen LogP contribution is 2.39. The first-order valence-corrected chi connectivity index (χ1v) is 5.65. The molecule has 0 unspecified atom stereocenters. The Balaban J connectivity index is 1.95. The van der Waals surface area contributed by atoms with Crippen molar-refractivity contribution in [2.75, 3.05) is 13.2 Å². The Morgan fingerprint density at radius 3 is 2.86 bits per heavy atom. The lowest BCUT2D eigenvalue weighted by Crippen LogP contribution is -2.47. The second-order valence-electron chi connectivity index (χ2n) is 4.62. The van der Waals surface area contributed by atoms with Crippen LogP contribution in [0.15, 0.2) is 23.4 Å². The fraction of sp³-hybridized carbons (Fsp3) is 0.667. The molecule has 3 rings (SSSR count). The van der Waals surface area contributed by atoms with E-state index >= 15 is 0 Å². The molecular formula is C12H17NO. The van der Waals surface area contributed by atoms with Crippen molar-refractivity contribution in [3.63, 3.8) is 0 Å². The molecular weight excluding hydrogens is 174 g/mol. The summed E-state index contributed by atoms with van der Waals surface area (Å²) < 4.78 is 5.55. The predicted molar refractivity (Wildman–Crippen MR) is 55.9 cm³/mol. The molecule has 1 aliphatic carbocycles. The molecule has 76 valence electrons. The van der Waals surface area contributed by atoms with Crippen molar-refractivity contribution in [2.45, 2.75) is 37.6 Å². The Morgan fingerprint density at radius 2 is 2.00 bits per heavy atom. The van der Waals surface area contributed by atoms with Gasteiger partial charge in [0.05, 0.1) is 18.8 Å². The van der Waals surface area contributed by atoms with Crippen molar-refractivity contribution in [1.29, 1.82) is 0 Å². The summed E-state index contributed by atoms with van der Waals surface area (Å²) >= 11 is 0. The molecule has 1 saturated carbocycles. The molecule has 2 aliphatic heterocycles. The molecule has 1 spiro atoms. The van der Waals surface area contributed by atoms with Gasteiger partial charge in [-0.25, -0.2) is 0 Å². The SMILES string of the molecule is C1=CC2=C(COC2)C2(CCCCC2)N1. The highest BCUT2D eigenvalue weighted by atomic mass is 16.5. The predicted octanol–water partition coefficient (Wildman–Crippen LogP) is 2.13. The van der Waals surface area contributed by atoms with Crippen molar-refractivity contribution in [1.82, 2.24) is 5.32 Å². The van der Waals surface area contributed by atoms with Gasteiger partial charge in [-0.2, -0.15) is 0 Å². The van der Waals surface area contributed by atoms with Crippen LogP contribution < -0.4 is 5.32 Å². The minimum absolute atomic E-state index is 0.277. The Kier molecular flexibility index (Phi) is 1.91. The van der Waals surface area contributed by atoms with Crippen LogP contribution in [-0.4, -0.2) is 18.8 Å². The largest absolute Gasteiger partial charge is 0.382 e. The highest BCUT2D eigenvalue weighted by molar-refractivity contribution is 5.41. The third-order valence-electron chi connectivity index (χ3n) is 3.82. The van der Waals surface area contributed by atoms with Gasteiger partial charge in [0.2, 0.25) is 0 Å². The molecule has 0 saturated heterocycles. The maximum absolute atomic E-state index is 5.55. The number of dihydropyridines is 1. The first-order chi connectivity index (χ1) is 6.91. The molecule has 0 amide bonds. The zero-order chi connectivity index (χ0) is 9.43. The first kappa shape index (κ1) is 8.54. The molecule has 0 radical (unpaired) electrons. The summed E-state index contributed by atoms with van der Waals surface area (Å²) in [6, 6.07) is 0. The molecule has 0 aromatic carbocycles. The van der Waals surface area contributed by atoms with Gasteiger partial charge in [-0.05, 0) is 36.3 Å². The van der Waals surface area contributed by atoms with Crippen LogP contribution in [-0.2, 0) is 4.74 Å². The minimum Gasteiger partial charge on any atom is -0.382 e. The number of nitrogens with one attached hydrogen (secondary N) is 1. The first-order valence-electron chi connectivity index (χ1n) is 5.65. The van der Waals surface area contributed by atoms with E-state index < -0.39 is 0 Å². The van der Waals surface area contributed by atoms with E-state index in [0.29, 0.717) is 0 Å². The van der Waals surface area contributed by atoms with Gasteiger partial charge >= 0.3 is 0 Å². The van der Waals surface area contributed by atoms with Gasteiger partial charge in [0, 0.05) is 0 Å². The molecule has 1 N–H and O–H groups in total. The quantitative estimate of drug-likeness (QED) is 0.633. The number of fused-ring (bicyclic) bond motifs is 1. The van der Waals surface area contributed by atoms with E-state index in [0.717, 1.165) is 13.2 Å². The van der Waals surface area contributed by atoms with Crippen molar-refractivity contribution < 1.29 is 4.74 Å². The average molecular weight is 191 g/mol. The van der Waals surface area contributed by atoms with Crippen LogP contribution in [0.1, 0.15) is 32.1 Å². The molecule has 0 bridgehead atoms. The topological polar surface area (TPSA) is 21.3 Å². The lowest BCUT2D eigenvalue weighted by atomic mass is 9.74. The Hall–Kier alpha value is -0.760. The standard InChI is InChI=1S/C12H17NO/c1-2-5-12(6-3-1)11-9-14-8-10(11)4-7-13-12/h4,7,13H,1-3,5-6,8-9H2. The van der Waals surface area contributed by atoms with Crippen LogP contribution in [0.2, 0.25) is 0 Å². The molecule has 2 heterocycles. The molecule has 0 atom stereocenters. The molecule has 2 nitrogen and oxygen atoms in total. The monoisotopic (exact) mass is 191 g/mol. The zero-order valence-corrected chi connectivity index (χ0v) is 8.51. The second kappa shape index (κ2) is 3.13. The van der Waals surface area contributed by atoms with Crippen LogP contribution in [0.5, 0.6) is 0 Å². The van der Waals surface area contributed by atoms with E-state index in [-0.39, 0.29) is 5.54 Å². The summed E-state index contributed by atoms with van der Waals surface area (Å²) in [6.07, 6.45) is 11.0. The fourth-order valence-corrected chi connectivity index (χ4v) is 3.03. The number of hydrogen-bond acceptors (Lipinski definition) is 2. The van der Waals surface area contributed by atoms with E-state index in [1.54, 1.807) is 5.57 Å². The van der Waals surface area contributed by atoms with Crippen molar-refractivity contribution >= 4 is 0 Å². The van der Waals surface area contributed by atoms with Gasteiger partial charge in [0.25, 0.3) is 0 Å². The molecule has 3 aliphatic rings. The van der Waals surface area contributed by atoms with Gasteiger partial charge in [0.15, 0.2) is 0 Å². The van der Waals surface area contributed by atoms with E-state index in [9.17, 15) is 0 Å². The average Bonchev–Trinajstić information content (AvgIpc) is 2.69. The summed E-state index contributed by atoms with van der Waals surface area (Å²) in [4.78, 5) is 0. The van der Waals surface area contributed by atoms with Crippen LogP contribution in [0, 0.1) is 0 Å².